The van der Waals surface area contributed by atoms with Crippen molar-refractivity contribution in [1.82, 2.24) is 5.32 Å². The van der Waals surface area contributed by atoms with Gasteiger partial charge in [0.15, 0.2) is 0 Å². The van der Waals surface area contributed by atoms with E-state index in [1.54, 1.807) is 7.11 Å². The molecule has 1 aliphatic rings. The van der Waals surface area contributed by atoms with Crippen molar-refractivity contribution in [3.8, 4) is 5.75 Å². The van der Waals surface area contributed by atoms with E-state index in [0.717, 1.165) is 34.9 Å². The minimum atomic E-state index is 0.116. The Balaban J connectivity index is 1.84. The van der Waals surface area contributed by atoms with Gasteiger partial charge in [-0.1, -0.05) is 24.3 Å². The van der Waals surface area contributed by atoms with Crippen molar-refractivity contribution in [1.29, 1.82) is 0 Å². The van der Waals surface area contributed by atoms with Gasteiger partial charge in [0, 0.05) is 6.04 Å². The van der Waals surface area contributed by atoms with Gasteiger partial charge in [0.05, 0.1) is 13.5 Å². The number of amides is 1. The van der Waals surface area contributed by atoms with Gasteiger partial charge in [-0.3, -0.25) is 4.79 Å². The standard InChI is InChI=1S/C17H19NO2/c1-20-15-9-8-12-4-2-5-13(16(12)11-15)10-17(19)18-14-6-3-7-14/h2,4-5,8-9,11,14H,3,6-7,10H2,1H3,(H,18,19). The van der Waals surface area contributed by atoms with Crippen LogP contribution in [0.3, 0.4) is 0 Å². The van der Waals surface area contributed by atoms with Crippen molar-refractivity contribution in [3.63, 3.8) is 0 Å². The first-order chi connectivity index (χ1) is 9.76. The maximum atomic E-state index is 12.1. The van der Waals surface area contributed by atoms with Crippen molar-refractivity contribution in [2.75, 3.05) is 7.11 Å². The molecule has 0 aliphatic heterocycles. The lowest BCUT2D eigenvalue weighted by Crippen LogP contribution is -2.40. The van der Waals surface area contributed by atoms with Gasteiger partial charge in [0.1, 0.15) is 5.75 Å². The second-order valence-electron chi connectivity index (χ2n) is 5.38. The van der Waals surface area contributed by atoms with Crippen molar-refractivity contribution in [3.05, 3.63) is 42.0 Å². The summed E-state index contributed by atoms with van der Waals surface area (Å²) in [6.45, 7) is 0. The molecular formula is C17H19NO2. The number of carbonyl (C=O) groups is 1. The number of fused-ring (bicyclic) bond motifs is 1. The Labute approximate surface area is 118 Å². The lowest BCUT2D eigenvalue weighted by Gasteiger charge is -2.26. The smallest absolute Gasteiger partial charge is 0.224 e. The highest BCUT2D eigenvalue weighted by molar-refractivity contribution is 5.91. The number of hydrogen-bond donors (Lipinski definition) is 1. The fourth-order valence-corrected chi connectivity index (χ4v) is 2.60. The van der Waals surface area contributed by atoms with Crippen LogP contribution in [-0.2, 0) is 11.2 Å². The summed E-state index contributed by atoms with van der Waals surface area (Å²) in [4.78, 5) is 12.1. The second kappa shape index (κ2) is 5.53. The Kier molecular flexibility index (Phi) is 3.59. The van der Waals surface area contributed by atoms with E-state index in [2.05, 4.69) is 11.4 Å². The van der Waals surface area contributed by atoms with Crippen LogP contribution in [0.5, 0.6) is 5.75 Å². The molecule has 20 heavy (non-hydrogen) atoms. The monoisotopic (exact) mass is 269 g/mol. The summed E-state index contributed by atoms with van der Waals surface area (Å²) in [6, 6.07) is 12.4. The van der Waals surface area contributed by atoms with E-state index in [1.165, 1.54) is 6.42 Å². The molecule has 0 aromatic heterocycles. The van der Waals surface area contributed by atoms with Crippen LogP contribution < -0.4 is 10.1 Å². The van der Waals surface area contributed by atoms with Gasteiger partial charge >= 0.3 is 0 Å². The molecule has 0 heterocycles. The number of rotatable bonds is 4. The highest BCUT2D eigenvalue weighted by atomic mass is 16.5. The Morgan fingerprint density at radius 1 is 1.30 bits per heavy atom. The second-order valence-corrected chi connectivity index (χ2v) is 5.38. The Bertz CT molecular complexity index is 632. The lowest BCUT2D eigenvalue weighted by molar-refractivity contribution is -0.121. The molecule has 0 bridgehead atoms. The summed E-state index contributed by atoms with van der Waals surface area (Å²) in [6.07, 6.45) is 3.90. The molecule has 0 spiro atoms. The van der Waals surface area contributed by atoms with E-state index in [0.29, 0.717) is 12.5 Å². The summed E-state index contributed by atoms with van der Waals surface area (Å²) >= 11 is 0. The quantitative estimate of drug-likeness (QED) is 0.926. The van der Waals surface area contributed by atoms with Crippen LogP contribution in [0.1, 0.15) is 24.8 Å². The van der Waals surface area contributed by atoms with Gasteiger partial charge < -0.3 is 10.1 Å². The minimum Gasteiger partial charge on any atom is -0.497 e. The van der Waals surface area contributed by atoms with Crippen molar-refractivity contribution in [2.45, 2.75) is 31.7 Å². The predicted molar refractivity (Wildman–Crippen MR) is 80.0 cm³/mol. The summed E-state index contributed by atoms with van der Waals surface area (Å²) in [5, 5.41) is 5.32. The number of methoxy groups -OCH3 is 1. The first kappa shape index (κ1) is 13.0. The van der Waals surface area contributed by atoms with Gasteiger partial charge in [-0.05, 0) is 47.7 Å². The topological polar surface area (TPSA) is 38.3 Å². The average molecular weight is 269 g/mol. The molecule has 0 unspecified atom stereocenters. The molecule has 1 aliphatic carbocycles. The number of benzene rings is 2. The van der Waals surface area contributed by atoms with Crippen LogP contribution in [0.15, 0.2) is 36.4 Å². The van der Waals surface area contributed by atoms with E-state index in [4.69, 9.17) is 4.74 Å². The maximum absolute atomic E-state index is 12.1. The molecule has 2 aromatic carbocycles. The largest absolute Gasteiger partial charge is 0.497 e. The zero-order chi connectivity index (χ0) is 13.9. The average Bonchev–Trinajstić information content (AvgIpc) is 2.43. The Morgan fingerprint density at radius 2 is 2.15 bits per heavy atom. The van der Waals surface area contributed by atoms with E-state index in [9.17, 15) is 4.79 Å². The van der Waals surface area contributed by atoms with Crippen LogP contribution in [0.25, 0.3) is 10.8 Å². The van der Waals surface area contributed by atoms with Crippen LogP contribution in [0, 0.1) is 0 Å². The molecule has 104 valence electrons. The third-order valence-electron chi connectivity index (χ3n) is 4.00. The molecule has 3 rings (SSSR count). The first-order valence-electron chi connectivity index (χ1n) is 7.11. The first-order valence-corrected chi connectivity index (χ1v) is 7.11. The molecule has 0 radical (unpaired) electrons. The van der Waals surface area contributed by atoms with Crippen LogP contribution in [0.2, 0.25) is 0 Å². The normalized spacial score (nSPS) is 14.8. The summed E-state index contributed by atoms with van der Waals surface area (Å²) < 4.78 is 5.27. The van der Waals surface area contributed by atoms with Gasteiger partial charge in [0.25, 0.3) is 0 Å². The zero-order valence-electron chi connectivity index (χ0n) is 11.7. The van der Waals surface area contributed by atoms with E-state index in [1.807, 2.05) is 30.3 Å². The zero-order valence-corrected chi connectivity index (χ0v) is 11.7. The molecular weight excluding hydrogens is 250 g/mol. The third kappa shape index (κ3) is 2.62. The van der Waals surface area contributed by atoms with Crippen molar-refractivity contribution < 1.29 is 9.53 Å². The van der Waals surface area contributed by atoms with Gasteiger partial charge in [-0.25, -0.2) is 0 Å². The van der Waals surface area contributed by atoms with E-state index in [-0.39, 0.29) is 5.91 Å². The molecule has 2 aromatic rings. The predicted octanol–water partition coefficient (Wildman–Crippen LogP) is 3.06. The fourth-order valence-electron chi connectivity index (χ4n) is 2.60. The van der Waals surface area contributed by atoms with Crippen LogP contribution >= 0.6 is 0 Å². The third-order valence-corrected chi connectivity index (χ3v) is 4.00. The summed E-state index contributed by atoms with van der Waals surface area (Å²) in [5.41, 5.74) is 1.05. The van der Waals surface area contributed by atoms with Crippen molar-refractivity contribution >= 4 is 16.7 Å². The van der Waals surface area contributed by atoms with E-state index >= 15 is 0 Å². The van der Waals surface area contributed by atoms with Crippen molar-refractivity contribution in [2.24, 2.45) is 0 Å². The molecule has 0 saturated heterocycles. The molecule has 1 fully saturated rings. The molecule has 3 heteroatoms. The number of hydrogen-bond acceptors (Lipinski definition) is 2. The molecule has 1 N–H and O–H groups in total. The Hall–Kier alpha value is -2.03. The van der Waals surface area contributed by atoms with Crippen LogP contribution in [0.4, 0.5) is 0 Å². The Morgan fingerprint density at radius 3 is 2.85 bits per heavy atom. The van der Waals surface area contributed by atoms with Gasteiger partial charge in [-0.15, -0.1) is 0 Å². The summed E-state index contributed by atoms with van der Waals surface area (Å²) in [7, 11) is 1.66. The van der Waals surface area contributed by atoms with Crippen LogP contribution in [-0.4, -0.2) is 19.1 Å². The van der Waals surface area contributed by atoms with Gasteiger partial charge in [-0.2, -0.15) is 0 Å². The highest BCUT2D eigenvalue weighted by Gasteiger charge is 2.19. The molecule has 0 atom stereocenters. The SMILES string of the molecule is COc1ccc2cccc(CC(=O)NC3CCC3)c2c1. The fraction of sp³-hybridized carbons (Fsp3) is 0.353. The molecule has 1 amide bonds. The number of nitrogens with one attached hydrogen (secondary N) is 1. The molecule has 3 nitrogen and oxygen atoms in total. The highest BCUT2D eigenvalue weighted by Crippen LogP contribution is 2.25. The minimum absolute atomic E-state index is 0.116. The number of carbonyl (C=O) groups excluding carboxylic acids is 1. The molecule has 1 saturated carbocycles. The summed E-state index contributed by atoms with van der Waals surface area (Å²) in [5.74, 6) is 0.939. The van der Waals surface area contributed by atoms with E-state index < -0.39 is 0 Å². The number of ether oxygens (including phenoxy) is 1. The van der Waals surface area contributed by atoms with Gasteiger partial charge in [0.2, 0.25) is 5.91 Å². The maximum Gasteiger partial charge on any atom is 0.224 e. The lowest BCUT2D eigenvalue weighted by atomic mass is 9.93.